The molecule has 18 heavy (non-hydrogen) atoms. The van der Waals surface area contributed by atoms with Crippen molar-refractivity contribution in [3.63, 3.8) is 0 Å². The van der Waals surface area contributed by atoms with E-state index in [-0.39, 0.29) is 6.04 Å². The number of aryl methyl sites for hydroxylation is 2. The fourth-order valence-electron chi connectivity index (χ4n) is 2.06. The summed E-state index contributed by atoms with van der Waals surface area (Å²) >= 11 is 0. The first kappa shape index (κ1) is 15.2. The highest BCUT2D eigenvalue weighted by Crippen LogP contribution is 2.16. The first-order valence-corrected chi connectivity index (χ1v) is 6.95. The van der Waals surface area contributed by atoms with Crippen molar-refractivity contribution < 1.29 is 4.74 Å². The lowest BCUT2D eigenvalue weighted by molar-refractivity contribution is 0.0909. The van der Waals surface area contributed by atoms with Gasteiger partial charge in [0.15, 0.2) is 0 Å². The number of rotatable bonds is 7. The van der Waals surface area contributed by atoms with Crippen LogP contribution in [0.4, 0.5) is 0 Å². The average molecular weight is 249 g/mol. The van der Waals surface area contributed by atoms with Crippen molar-refractivity contribution in [3.05, 3.63) is 34.9 Å². The molecule has 2 atom stereocenters. The molecule has 2 heteroatoms. The van der Waals surface area contributed by atoms with Crippen molar-refractivity contribution in [2.45, 2.75) is 46.6 Å². The predicted molar refractivity (Wildman–Crippen MR) is 77.7 cm³/mol. The molecule has 0 saturated heterocycles. The van der Waals surface area contributed by atoms with Gasteiger partial charge in [0.05, 0.1) is 12.6 Å². The van der Waals surface area contributed by atoms with E-state index < -0.39 is 0 Å². The van der Waals surface area contributed by atoms with Crippen molar-refractivity contribution >= 4 is 0 Å². The molecule has 0 aliphatic rings. The van der Waals surface area contributed by atoms with Crippen LogP contribution in [0, 0.1) is 19.8 Å². The van der Waals surface area contributed by atoms with Gasteiger partial charge in [-0.25, -0.2) is 0 Å². The van der Waals surface area contributed by atoms with Crippen molar-refractivity contribution in [1.29, 1.82) is 0 Å². The third-order valence-corrected chi connectivity index (χ3v) is 3.44. The van der Waals surface area contributed by atoms with E-state index in [2.05, 4.69) is 45.9 Å². The molecule has 0 bridgehead atoms. The monoisotopic (exact) mass is 249 g/mol. The summed E-state index contributed by atoms with van der Waals surface area (Å²) in [5.41, 5.74) is 9.92. The number of ether oxygens (including phenoxy) is 1. The molecule has 0 heterocycles. The molecule has 1 rings (SSSR count). The van der Waals surface area contributed by atoms with Gasteiger partial charge < -0.3 is 10.5 Å². The highest BCUT2D eigenvalue weighted by atomic mass is 16.5. The summed E-state index contributed by atoms with van der Waals surface area (Å²) in [6.07, 6.45) is 2.44. The number of benzene rings is 1. The van der Waals surface area contributed by atoms with Crippen LogP contribution in [0.25, 0.3) is 0 Å². The summed E-state index contributed by atoms with van der Waals surface area (Å²) in [5.74, 6) is 0.627. The third-order valence-electron chi connectivity index (χ3n) is 3.44. The summed E-state index contributed by atoms with van der Waals surface area (Å²) in [4.78, 5) is 0. The van der Waals surface area contributed by atoms with Crippen molar-refractivity contribution in [2.24, 2.45) is 11.7 Å². The molecule has 0 spiro atoms. The summed E-state index contributed by atoms with van der Waals surface area (Å²) in [6.45, 7) is 10.1. The maximum atomic E-state index is 6.15. The first-order chi connectivity index (χ1) is 8.54. The quantitative estimate of drug-likeness (QED) is 0.798. The summed E-state index contributed by atoms with van der Waals surface area (Å²) in [5, 5.41) is 0. The zero-order valence-electron chi connectivity index (χ0n) is 12.2. The lowest BCUT2D eigenvalue weighted by Crippen LogP contribution is -2.19. The van der Waals surface area contributed by atoms with E-state index in [1.807, 2.05) is 0 Å². The normalized spacial score (nSPS) is 14.5. The largest absolute Gasteiger partial charge is 0.379 e. The molecular weight excluding hydrogens is 222 g/mol. The molecule has 2 N–H and O–H groups in total. The molecule has 0 saturated carbocycles. The molecule has 1 aromatic carbocycles. The minimum Gasteiger partial charge on any atom is -0.379 e. The predicted octanol–water partition coefficient (Wildman–Crippen LogP) is 3.76. The van der Waals surface area contributed by atoms with Crippen molar-refractivity contribution in [2.75, 3.05) is 13.2 Å². The van der Waals surface area contributed by atoms with Crippen molar-refractivity contribution in [1.82, 2.24) is 0 Å². The molecule has 0 aliphatic heterocycles. The van der Waals surface area contributed by atoms with Gasteiger partial charge in [0.25, 0.3) is 0 Å². The Bertz CT molecular complexity index is 362. The molecule has 1 aromatic rings. The zero-order valence-corrected chi connectivity index (χ0v) is 12.2. The van der Waals surface area contributed by atoms with Crippen LogP contribution in [0.15, 0.2) is 18.2 Å². The first-order valence-electron chi connectivity index (χ1n) is 6.95. The van der Waals surface area contributed by atoms with Crippen LogP contribution in [0.1, 0.15) is 49.4 Å². The van der Waals surface area contributed by atoms with Crippen molar-refractivity contribution in [3.8, 4) is 0 Å². The molecule has 0 radical (unpaired) electrons. The van der Waals surface area contributed by atoms with Crippen LogP contribution >= 0.6 is 0 Å². The number of nitrogens with two attached hydrogens (primary N) is 1. The van der Waals surface area contributed by atoms with Gasteiger partial charge in [0.2, 0.25) is 0 Å². The fraction of sp³-hybridized carbons (Fsp3) is 0.625. The van der Waals surface area contributed by atoms with Gasteiger partial charge in [0, 0.05) is 6.61 Å². The topological polar surface area (TPSA) is 35.2 Å². The maximum absolute atomic E-state index is 6.15. The van der Waals surface area contributed by atoms with E-state index >= 15 is 0 Å². The molecule has 0 fully saturated rings. The second kappa shape index (κ2) is 7.55. The van der Waals surface area contributed by atoms with Crippen LogP contribution in [-0.4, -0.2) is 13.2 Å². The number of hydrogen-bond donors (Lipinski definition) is 1. The van der Waals surface area contributed by atoms with E-state index in [1.54, 1.807) is 0 Å². The lowest BCUT2D eigenvalue weighted by Gasteiger charge is -2.16. The van der Waals surface area contributed by atoms with E-state index in [0.29, 0.717) is 12.5 Å². The van der Waals surface area contributed by atoms with Crippen LogP contribution in [-0.2, 0) is 4.74 Å². The van der Waals surface area contributed by atoms with Crippen LogP contribution in [0.3, 0.4) is 0 Å². The second-order valence-corrected chi connectivity index (χ2v) is 5.38. The molecular formula is C16H27NO. The van der Waals surface area contributed by atoms with E-state index in [4.69, 9.17) is 10.5 Å². The highest BCUT2D eigenvalue weighted by molar-refractivity contribution is 5.31. The van der Waals surface area contributed by atoms with E-state index in [9.17, 15) is 0 Å². The fourth-order valence-corrected chi connectivity index (χ4v) is 2.06. The SMILES string of the molecule is CCCC(C)COCC(N)c1ccc(C)c(C)c1. The Balaban J connectivity index is 2.40. The second-order valence-electron chi connectivity index (χ2n) is 5.38. The minimum atomic E-state index is -0.0156. The van der Waals surface area contributed by atoms with Gasteiger partial charge >= 0.3 is 0 Å². The molecule has 0 amide bonds. The van der Waals surface area contributed by atoms with Crippen LogP contribution in [0.5, 0.6) is 0 Å². The Hall–Kier alpha value is -0.860. The van der Waals surface area contributed by atoms with E-state index in [1.165, 1.54) is 29.5 Å². The van der Waals surface area contributed by atoms with Gasteiger partial charge in [-0.05, 0) is 42.9 Å². The lowest BCUT2D eigenvalue weighted by atomic mass is 10.0. The van der Waals surface area contributed by atoms with Gasteiger partial charge in [0.1, 0.15) is 0 Å². The molecule has 0 aromatic heterocycles. The van der Waals surface area contributed by atoms with Gasteiger partial charge in [-0.2, -0.15) is 0 Å². The average Bonchev–Trinajstić information content (AvgIpc) is 2.33. The maximum Gasteiger partial charge on any atom is 0.0659 e. The minimum absolute atomic E-state index is 0.0156. The van der Waals surface area contributed by atoms with Gasteiger partial charge in [-0.1, -0.05) is 38.5 Å². The smallest absolute Gasteiger partial charge is 0.0659 e. The van der Waals surface area contributed by atoms with Gasteiger partial charge in [-0.3, -0.25) is 0 Å². The molecule has 2 unspecified atom stereocenters. The molecule has 0 aliphatic carbocycles. The van der Waals surface area contributed by atoms with Crippen LogP contribution < -0.4 is 5.73 Å². The third kappa shape index (κ3) is 4.79. The van der Waals surface area contributed by atoms with Gasteiger partial charge in [-0.15, -0.1) is 0 Å². The van der Waals surface area contributed by atoms with E-state index in [0.717, 1.165) is 6.61 Å². The Kier molecular flexibility index (Phi) is 6.37. The number of hydrogen-bond acceptors (Lipinski definition) is 2. The Morgan fingerprint density at radius 1 is 1.17 bits per heavy atom. The Morgan fingerprint density at radius 3 is 2.50 bits per heavy atom. The Morgan fingerprint density at radius 2 is 1.89 bits per heavy atom. The molecule has 102 valence electrons. The summed E-state index contributed by atoms with van der Waals surface area (Å²) in [7, 11) is 0. The molecule has 2 nitrogen and oxygen atoms in total. The zero-order chi connectivity index (χ0) is 13.5. The summed E-state index contributed by atoms with van der Waals surface area (Å²) in [6, 6.07) is 6.38. The standard InChI is InChI=1S/C16H27NO/c1-5-6-12(2)10-18-11-16(17)15-8-7-13(3)14(4)9-15/h7-9,12,16H,5-6,10-11,17H2,1-4H3. The summed E-state index contributed by atoms with van der Waals surface area (Å²) < 4.78 is 5.71. The van der Waals surface area contributed by atoms with Crippen LogP contribution in [0.2, 0.25) is 0 Å². The Labute approximate surface area is 112 Å². The highest BCUT2D eigenvalue weighted by Gasteiger charge is 2.08.